The van der Waals surface area contributed by atoms with E-state index in [2.05, 4.69) is 10.2 Å². The maximum atomic E-state index is 12.3. The lowest BCUT2D eigenvalue weighted by molar-refractivity contribution is -0.131. The van der Waals surface area contributed by atoms with Gasteiger partial charge in [0, 0.05) is 32.7 Å². The molecule has 2 aliphatic rings. The van der Waals surface area contributed by atoms with Gasteiger partial charge in [-0.05, 0) is 37.5 Å². The van der Waals surface area contributed by atoms with E-state index >= 15 is 0 Å². The fourth-order valence-corrected chi connectivity index (χ4v) is 3.65. The third kappa shape index (κ3) is 3.49. The monoisotopic (exact) mass is 351 g/mol. The van der Waals surface area contributed by atoms with Crippen molar-refractivity contribution in [2.24, 2.45) is 0 Å². The van der Waals surface area contributed by atoms with E-state index in [1.165, 1.54) is 18.2 Å². The van der Waals surface area contributed by atoms with Crippen molar-refractivity contribution in [1.82, 2.24) is 15.1 Å². The van der Waals surface area contributed by atoms with Crippen molar-refractivity contribution in [3.63, 3.8) is 0 Å². The first-order chi connectivity index (χ1) is 11.5. The average Bonchev–Trinajstić information content (AvgIpc) is 2.90. The van der Waals surface area contributed by atoms with E-state index in [4.69, 9.17) is 11.6 Å². The number of hydrogen-bond donors (Lipinski definition) is 2. The molecule has 0 bridgehead atoms. The smallest absolute Gasteiger partial charge is 0.253 e. The molecule has 2 heterocycles. The van der Waals surface area contributed by atoms with Crippen molar-refractivity contribution in [3.05, 3.63) is 28.8 Å². The summed E-state index contributed by atoms with van der Waals surface area (Å²) < 4.78 is 0. The zero-order valence-corrected chi connectivity index (χ0v) is 14.4. The van der Waals surface area contributed by atoms with Crippen LogP contribution in [0, 0.1) is 0 Å². The van der Waals surface area contributed by atoms with E-state index in [1.54, 1.807) is 4.90 Å². The van der Waals surface area contributed by atoms with E-state index in [-0.39, 0.29) is 35.2 Å². The van der Waals surface area contributed by atoms with Gasteiger partial charge in [-0.3, -0.25) is 14.5 Å². The van der Waals surface area contributed by atoms with Gasteiger partial charge < -0.3 is 15.3 Å². The molecule has 2 aliphatic heterocycles. The molecule has 1 aromatic rings. The number of hydrogen-bond acceptors (Lipinski definition) is 4. The van der Waals surface area contributed by atoms with Gasteiger partial charge in [0.1, 0.15) is 5.75 Å². The van der Waals surface area contributed by atoms with Gasteiger partial charge in [-0.2, -0.15) is 0 Å². The van der Waals surface area contributed by atoms with Crippen LogP contribution in [0.1, 0.15) is 29.6 Å². The van der Waals surface area contributed by atoms with Gasteiger partial charge in [0.25, 0.3) is 5.91 Å². The van der Waals surface area contributed by atoms with Gasteiger partial charge >= 0.3 is 0 Å². The van der Waals surface area contributed by atoms with Gasteiger partial charge in [-0.25, -0.2) is 0 Å². The Morgan fingerprint density at radius 1 is 1.25 bits per heavy atom. The summed E-state index contributed by atoms with van der Waals surface area (Å²) in [4.78, 5) is 28.4. The number of phenols is 1. The molecule has 6 nitrogen and oxygen atoms in total. The normalized spacial score (nSPS) is 22.8. The number of nitrogens with zero attached hydrogens (tertiary/aromatic N) is 2. The number of rotatable bonds is 3. The maximum Gasteiger partial charge on any atom is 0.253 e. The number of carbonyl (C=O) groups excluding carboxylic acids is 2. The van der Waals surface area contributed by atoms with Gasteiger partial charge in [-0.15, -0.1) is 0 Å². The summed E-state index contributed by atoms with van der Waals surface area (Å²) in [6.07, 6.45) is 2.48. The Labute approximate surface area is 146 Å². The van der Waals surface area contributed by atoms with Crippen molar-refractivity contribution in [2.75, 3.05) is 26.7 Å². The minimum atomic E-state index is -0.272. The highest BCUT2D eigenvalue weighted by Gasteiger charge is 2.35. The maximum absolute atomic E-state index is 12.3. The van der Waals surface area contributed by atoms with Crippen LogP contribution < -0.4 is 5.32 Å². The van der Waals surface area contributed by atoms with E-state index in [1.807, 2.05) is 7.05 Å². The number of amides is 2. The summed E-state index contributed by atoms with van der Waals surface area (Å²) in [5, 5.41) is 12.8. The summed E-state index contributed by atoms with van der Waals surface area (Å²) in [5.41, 5.74) is 0.284. The fraction of sp³-hybridized carbons (Fsp3) is 0.529. The number of likely N-dealkylation sites (N-methyl/N-ethyl adjacent to an activating group) is 1. The number of phenolic OH excluding ortho intramolecular Hbond substituents is 1. The summed E-state index contributed by atoms with van der Waals surface area (Å²) in [6, 6.07) is 4.39. The van der Waals surface area contributed by atoms with E-state index in [9.17, 15) is 14.7 Å². The number of likely N-dealkylation sites (tertiary alicyclic amines) is 2. The predicted molar refractivity (Wildman–Crippen MR) is 91.2 cm³/mol. The molecule has 3 rings (SSSR count). The van der Waals surface area contributed by atoms with Crippen LogP contribution in [-0.4, -0.2) is 65.5 Å². The summed E-state index contributed by atoms with van der Waals surface area (Å²) in [5.74, 6) is -0.0571. The standard InChI is InChI=1S/C17H22ClN3O3/c1-20-7-6-15(17(20)24)21-8-4-11(5-9-21)19-16(23)13-10-12(22)2-3-14(13)18/h2-3,10-11,15,22H,4-9H2,1H3,(H,19,23). The minimum absolute atomic E-state index is 0.00725. The van der Waals surface area contributed by atoms with Crippen LogP contribution >= 0.6 is 11.6 Å². The van der Waals surface area contributed by atoms with Crippen molar-refractivity contribution in [1.29, 1.82) is 0 Å². The van der Waals surface area contributed by atoms with Crippen LogP contribution in [0.25, 0.3) is 0 Å². The molecule has 1 atom stereocenters. The van der Waals surface area contributed by atoms with Gasteiger partial charge in [0.2, 0.25) is 5.91 Å². The third-order valence-corrected chi connectivity index (χ3v) is 5.23. The molecule has 0 aromatic heterocycles. The van der Waals surface area contributed by atoms with Crippen LogP contribution in [-0.2, 0) is 4.79 Å². The molecule has 1 unspecified atom stereocenters. The van der Waals surface area contributed by atoms with Crippen molar-refractivity contribution in [3.8, 4) is 5.75 Å². The lowest BCUT2D eigenvalue weighted by atomic mass is 10.0. The molecule has 2 N–H and O–H groups in total. The molecular formula is C17H22ClN3O3. The lowest BCUT2D eigenvalue weighted by Gasteiger charge is -2.35. The molecule has 7 heteroatoms. The first-order valence-electron chi connectivity index (χ1n) is 8.24. The molecule has 2 saturated heterocycles. The van der Waals surface area contributed by atoms with Crippen LogP contribution in [0.2, 0.25) is 5.02 Å². The summed E-state index contributed by atoms with van der Waals surface area (Å²) in [7, 11) is 1.84. The number of carbonyl (C=O) groups is 2. The molecular weight excluding hydrogens is 330 g/mol. The van der Waals surface area contributed by atoms with Crippen molar-refractivity contribution < 1.29 is 14.7 Å². The van der Waals surface area contributed by atoms with E-state index in [0.29, 0.717) is 5.02 Å². The molecule has 2 fully saturated rings. The van der Waals surface area contributed by atoms with Crippen LogP contribution in [0.5, 0.6) is 5.75 Å². The minimum Gasteiger partial charge on any atom is -0.508 e. The zero-order valence-electron chi connectivity index (χ0n) is 13.7. The van der Waals surface area contributed by atoms with E-state index in [0.717, 1.165) is 38.9 Å². The summed E-state index contributed by atoms with van der Waals surface area (Å²) >= 11 is 6.03. The summed E-state index contributed by atoms with van der Waals surface area (Å²) in [6.45, 7) is 2.40. The third-order valence-electron chi connectivity index (χ3n) is 4.90. The second-order valence-electron chi connectivity index (χ2n) is 6.51. The largest absolute Gasteiger partial charge is 0.508 e. The quantitative estimate of drug-likeness (QED) is 0.865. The zero-order chi connectivity index (χ0) is 17.3. The second-order valence-corrected chi connectivity index (χ2v) is 6.92. The molecule has 130 valence electrons. The van der Waals surface area contributed by atoms with Crippen LogP contribution in [0.15, 0.2) is 18.2 Å². The number of halogens is 1. The molecule has 2 amide bonds. The fourth-order valence-electron chi connectivity index (χ4n) is 3.45. The molecule has 0 spiro atoms. The topological polar surface area (TPSA) is 72.9 Å². The SMILES string of the molecule is CN1CCC(N2CCC(NC(=O)c3cc(O)ccc3Cl)CC2)C1=O. The Kier molecular flexibility index (Phi) is 4.96. The Hall–Kier alpha value is -1.79. The molecule has 0 saturated carbocycles. The molecule has 0 aliphatic carbocycles. The van der Waals surface area contributed by atoms with Crippen LogP contribution in [0.3, 0.4) is 0 Å². The predicted octanol–water partition coefficient (Wildman–Crippen LogP) is 1.47. The Morgan fingerprint density at radius 2 is 1.96 bits per heavy atom. The number of nitrogens with one attached hydrogen (secondary N) is 1. The van der Waals surface area contributed by atoms with Gasteiger partial charge in [-0.1, -0.05) is 11.6 Å². The van der Waals surface area contributed by atoms with Crippen molar-refractivity contribution in [2.45, 2.75) is 31.3 Å². The van der Waals surface area contributed by atoms with Crippen molar-refractivity contribution >= 4 is 23.4 Å². The highest BCUT2D eigenvalue weighted by molar-refractivity contribution is 6.33. The van der Waals surface area contributed by atoms with Crippen LogP contribution in [0.4, 0.5) is 0 Å². The number of aromatic hydroxyl groups is 1. The Bertz CT molecular complexity index is 644. The molecule has 24 heavy (non-hydrogen) atoms. The first kappa shape index (κ1) is 17.0. The number of benzene rings is 1. The number of piperidine rings is 1. The Balaban J connectivity index is 1.55. The average molecular weight is 352 g/mol. The Morgan fingerprint density at radius 3 is 2.58 bits per heavy atom. The second kappa shape index (κ2) is 6.99. The first-order valence-corrected chi connectivity index (χ1v) is 8.62. The molecule has 0 radical (unpaired) electrons. The van der Waals surface area contributed by atoms with Gasteiger partial charge in [0.15, 0.2) is 0 Å². The highest BCUT2D eigenvalue weighted by Crippen LogP contribution is 2.23. The molecule has 1 aromatic carbocycles. The highest BCUT2D eigenvalue weighted by atomic mass is 35.5. The lowest BCUT2D eigenvalue weighted by Crippen LogP contribution is -2.50. The van der Waals surface area contributed by atoms with Gasteiger partial charge in [0.05, 0.1) is 16.6 Å². The van der Waals surface area contributed by atoms with E-state index < -0.39 is 0 Å².